The van der Waals surface area contributed by atoms with E-state index >= 15 is 0 Å². The zero-order chi connectivity index (χ0) is 7.98. The Kier molecular flexibility index (Phi) is 4.20. The van der Waals surface area contributed by atoms with Gasteiger partial charge in [0, 0.05) is 19.3 Å². The van der Waals surface area contributed by atoms with Gasteiger partial charge < -0.3 is 5.73 Å². The van der Waals surface area contributed by atoms with E-state index in [1.807, 2.05) is 6.92 Å². The molecule has 0 aromatic heterocycles. The van der Waals surface area contributed by atoms with Crippen LogP contribution in [-0.2, 0) is 4.79 Å². The van der Waals surface area contributed by atoms with Crippen molar-refractivity contribution in [2.24, 2.45) is 10.7 Å². The molecule has 0 heterocycles. The summed E-state index contributed by atoms with van der Waals surface area (Å²) in [4.78, 5) is 14.1. The highest BCUT2D eigenvalue weighted by atomic mass is 16.1. The number of amides is 1. The van der Waals surface area contributed by atoms with Crippen molar-refractivity contribution in [1.29, 1.82) is 0 Å². The second-order valence-corrected chi connectivity index (χ2v) is 1.86. The zero-order valence-corrected chi connectivity index (χ0v) is 6.29. The van der Waals surface area contributed by atoms with Crippen molar-refractivity contribution in [1.82, 2.24) is 0 Å². The molecule has 0 aliphatic carbocycles. The lowest BCUT2D eigenvalue weighted by Gasteiger charge is -1.91. The van der Waals surface area contributed by atoms with E-state index in [1.54, 1.807) is 13.3 Å². The number of allylic oxidation sites excluding steroid dienone is 1. The number of nitrogens with two attached hydrogens (primary N) is 1. The zero-order valence-electron chi connectivity index (χ0n) is 6.29. The summed E-state index contributed by atoms with van der Waals surface area (Å²) in [7, 11) is 1.66. The van der Waals surface area contributed by atoms with Gasteiger partial charge in [-0.15, -0.1) is 0 Å². The van der Waals surface area contributed by atoms with Crippen LogP contribution in [0.3, 0.4) is 0 Å². The summed E-state index contributed by atoms with van der Waals surface area (Å²) in [6.07, 6.45) is 3.79. The predicted octanol–water partition coefficient (Wildman–Crippen LogP) is 0.509. The van der Waals surface area contributed by atoms with Gasteiger partial charge in [0.1, 0.15) is 0 Å². The van der Waals surface area contributed by atoms with Crippen molar-refractivity contribution in [3.8, 4) is 0 Å². The molecule has 0 aliphatic heterocycles. The van der Waals surface area contributed by atoms with E-state index in [9.17, 15) is 4.79 Å². The quantitative estimate of drug-likeness (QED) is 0.450. The Morgan fingerprint density at radius 3 is 2.60 bits per heavy atom. The first kappa shape index (κ1) is 8.88. The monoisotopic (exact) mass is 140 g/mol. The van der Waals surface area contributed by atoms with Crippen molar-refractivity contribution in [3.05, 3.63) is 11.6 Å². The highest BCUT2D eigenvalue weighted by Gasteiger charge is 1.90. The van der Waals surface area contributed by atoms with Crippen LogP contribution in [0, 0.1) is 0 Å². The molecule has 0 aliphatic rings. The molecule has 0 spiro atoms. The molecular formula is C7H12N2O. The van der Waals surface area contributed by atoms with Crippen LogP contribution < -0.4 is 5.73 Å². The fraction of sp³-hybridized carbons (Fsp3) is 0.429. The molecule has 0 aromatic rings. The molecule has 0 bridgehead atoms. The van der Waals surface area contributed by atoms with Gasteiger partial charge in [0.05, 0.1) is 0 Å². The topological polar surface area (TPSA) is 55.4 Å². The summed E-state index contributed by atoms with van der Waals surface area (Å²) in [5.41, 5.74) is 5.78. The molecule has 0 radical (unpaired) electrons. The van der Waals surface area contributed by atoms with Crippen LogP contribution in [0.4, 0.5) is 0 Å². The number of hydrogen-bond acceptors (Lipinski definition) is 2. The molecule has 0 aromatic carbocycles. The maximum Gasteiger partial charge on any atom is 0.241 e. The fourth-order valence-electron chi connectivity index (χ4n) is 0.579. The maximum absolute atomic E-state index is 10.3. The highest BCUT2D eigenvalue weighted by Crippen LogP contribution is 1.94. The van der Waals surface area contributed by atoms with Gasteiger partial charge in [-0.25, -0.2) is 0 Å². The number of carbonyl (C=O) groups is 1. The molecule has 3 nitrogen and oxygen atoms in total. The lowest BCUT2D eigenvalue weighted by Crippen LogP contribution is -2.07. The number of hydrogen-bond donors (Lipinski definition) is 1. The normalized spacial score (nSPS) is 12.4. The van der Waals surface area contributed by atoms with Gasteiger partial charge in [-0.3, -0.25) is 9.79 Å². The number of nitrogens with zero attached hydrogens (tertiary/aromatic N) is 1. The average molecular weight is 140 g/mol. The van der Waals surface area contributed by atoms with E-state index in [1.165, 1.54) is 6.08 Å². The Morgan fingerprint density at radius 1 is 1.70 bits per heavy atom. The van der Waals surface area contributed by atoms with Gasteiger partial charge in [-0.1, -0.05) is 6.92 Å². The molecule has 0 saturated heterocycles. The van der Waals surface area contributed by atoms with Crippen LogP contribution in [0.1, 0.15) is 13.3 Å². The first-order valence-corrected chi connectivity index (χ1v) is 3.12. The van der Waals surface area contributed by atoms with E-state index in [4.69, 9.17) is 5.73 Å². The van der Waals surface area contributed by atoms with E-state index < -0.39 is 5.91 Å². The first-order chi connectivity index (χ1) is 4.70. The summed E-state index contributed by atoms with van der Waals surface area (Å²) < 4.78 is 0. The minimum Gasteiger partial charge on any atom is -0.366 e. The molecule has 0 saturated carbocycles. The van der Waals surface area contributed by atoms with Crippen molar-refractivity contribution >= 4 is 12.1 Å². The van der Waals surface area contributed by atoms with Crippen LogP contribution in [-0.4, -0.2) is 19.2 Å². The smallest absolute Gasteiger partial charge is 0.241 e. The summed E-state index contributed by atoms with van der Waals surface area (Å²) in [5, 5.41) is 0. The summed E-state index contributed by atoms with van der Waals surface area (Å²) >= 11 is 0. The highest BCUT2D eigenvalue weighted by molar-refractivity contribution is 5.93. The van der Waals surface area contributed by atoms with E-state index in [-0.39, 0.29) is 0 Å². The third-order valence-electron chi connectivity index (χ3n) is 1.03. The molecule has 1 amide bonds. The minimum absolute atomic E-state index is 0.420. The van der Waals surface area contributed by atoms with Gasteiger partial charge in [0.25, 0.3) is 0 Å². The predicted molar refractivity (Wildman–Crippen MR) is 42.0 cm³/mol. The summed E-state index contributed by atoms with van der Waals surface area (Å²) in [6.45, 7) is 1.94. The van der Waals surface area contributed by atoms with Crippen LogP contribution in [0.15, 0.2) is 16.6 Å². The lowest BCUT2D eigenvalue weighted by atomic mass is 10.2. The van der Waals surface area contributed by atoms with Crippen molar-refractivity contribution in [2.75, 3.05) is 7.05 Å². The molecule has 3 heteroatoms. The van der Waals surface area contributed by atoms with Crippen LogP contribution in [0.25, 0.3) is 0 Å². The van der Waals surface area contributed by atoms with E-state index in [0.717, 1.165) is 12.0 Å². The first-order valence-electron chi connectivity index (χ1n) is 3.12. The fourth-order valence-corrected chi connectivity index (χ4v) is 0.579. The maximum atomic E-state index is 10.3. The second kappa shape index (κ2) is 4.73. The summed E-state index contributed by atoms with van der Waals surface area (Å²) in [5.74, 6) is -0.420. The van der Waals surface area contributed by atoms with Gasteiger partial charge in [-0.2, -0.15) is 0 Å². The molecular weight excluding hydrogens is 128 g/mol. The number of primary amides is 1. The molecule has 10 heavy (non-hydrogen) atoms. The molecule has 0 fully saturated rings. The SMILES string of the molecule is CCC(/C=N\C)=C/C(N)=O. The van der Waals surface area contributed by atoms with Gasteiger partial charge in [0.2, 0.25) is 5.91 Å². The van der Waals surface area contributed by atoms with Crippen LogP contribution in [0.5, 0.6) is 0 Å². The molecule has 0 rings (SSSR count). The van der Waals surface area contributed by atoms with Crippen molar-refractivity contribution < 1.29 is 4.79 Å². The van der Waals surface area contributed by atoms with Crippen molar-refractivity contribution in [2.45, 2.75) is 13.3 Å². The Hall–Kier alpha value is -1.12. The van der Waals surface area contributed by atoms with Gasteiger partial charge in [0.15, 0.2) is 0 Å². The largest absolute Gasteiger partial charge is 0.366 e. The van der Waals surface area contributed by atoms with E-state index in [2.05, 4.69) is 4.99 Å². The Bertz CT molecular complexity index is 170. The number of carbonyl (C=O) groups excluding carboxylic acids is 1. The standard InChI is InChI=1S/C7H12N2O/c1-3-6(5-9-2)4-7(8)10/h4-5H,3H2,1-2H3,(H2,8,10)/b6-4-,9-5-. The third kappa shape index (κ3) is 3.83. The summed E-state index contributed by atoms with van der Waals surface area (Å²) in [6, 6.07) is 0. The third-order valence-corrected chi connectivity index (χ3v) is 1.03. The molecule has 0 atom stereocenters. The van der Waals surface area contributed by atoms with Gasteiger partial charge >= 0.3 is 0 Å². The molecule has 2 N–H and O–H groups in total. The van der Waals surface area contributed by atoms with Gasteiger partial charge in [-0.05, 0) is 12.0 Å². The number of rotatable bonds is 3. The second-order valence-electron chi connectivity index (χ2n) is 1.86. The Morgan fingerprint density at radius 2 is 2.30 bits per heavy atom. The Labute approximate surface area is 60.6 Å². The lowest BCUT2D eigenvalue weighted by molar-refractivity contribution is -0.113. The Balaban J connectivity index is 4.18. The van der Waals surface area contributed by atoms with E-state index in [0.29, 0.717) is 0 Å². The van der Waals surface area contributed by atoms with Crippen molar-refractivity contribution in [3.63, 3.8) is 0 Å². The van der Waals surface area contributed by atoms with Crippen LogP contribution in [0.2, 0.25) is 0 Å². The molecule has 0 unspecified atom stereocenters. The van der Waals surface area contributed by atoms with Crippen LogP contribution >= 0.6 is 0 Å². The number of aliphatic imine (C=N–C) groups is 1. The average Bonchev–Trinajstić information content (AvgIpc) is 1.86. The molecule has 56 valence electrons. The minimum atomic E-state index is -0.420.